The van der Waals surface area contributed by atoms with Gasteiger partial charge in [-0.05, 0) is 29.8 Å². The number of Topliss-reactive ketones (excluding diaryl/α,β-unsaturated/α-hetero) is 1. The molecule has 0 fully saturated rings. The third kappa shape index (κ3) is 4.09. The zero-order chi connectivity index (χ0) is 22.1. The van der Waals surface area contributed by atoms with Gasteiger partial charge in [0.05, 0.1) is 27.6 Å². The zero-order valence-electron chi connectivity index (χ0n) is 17.0. The first kappa shape index (κ1) is 21.6. The summed E-state index contributed by atoms with van der Waals surface area (Å²) in [5, 5.41) is 0. The summed E-state index contributed by atoms with van der Waals surface area (Å²) >= 11 is 0. The monoisotopic (exact) mass is 434 g/mol. The van der Waals surface area contributed by atoms with Crippen LogP contribution in [0.3, 0.4) is 0 Å². The van der Waals surface area contributed by atoms with Crippen LogP contribution in [0, 0.1) is 0 Å². The molecule has 1 unspecified atom stereocenters. The molecular weight excluding hydrogens is 412 g/mol. The average Bonchev–Trinajstić information content (AvgIpc) is 3.01. The molecule has 10 heteroatoms. The molecule has 1 heterocycles. The molecule has 0 saturated heterocycles. The number of fused-ring (bicyclic) bond motifs is 1. The van der Waals surface area contributed by atoms with Gasteiger partial charge in [0, 0.05) is 30.4 Å². The lowest BCUT2D eigenvalue weighted by molar-refractivity contribution is -0.117. The fraction of sp³-hybridized carbons (Fsp3) is 0.350. The number of benzene rings is 1. The first-order valence-corrected chi connectivity index (χ1v) is 10.9. The number of amides is 1. The Balaban J connectivity index is 1.97. The number of ether oxygens (including phenoxy) is 3. The molecule has 0 radical (unpaired) electrons. The summed E-state index contributed by atoms with van der Waals surface area (Å²) < 4.78 is 41.0. The van der Waals surface area contributed by atoms with Crippen LogP contribution in [0.2, 0.25) is 0 Å². The van der Waals surface area contributed by atoms with Gasteiger partial charge in [-0.25, -0.2) is 12.7 Å². The van der Waals surface area contributed by atoms with Crippen LogP contribution in [-0.2, 0) is 14.8 Å². The number of methoxy groups -OCH3 is 3. The lowest BCUT2D eigenvalue weighted by atomic mass is 9.97. The summed E-state index contributed by atoms with van der Waals surface area (Å²) in [6, 6.07) is 7.87. The molecule has 9 nitrogen and oxygen atoms in total. The zero-order valence-corrected chi connectivity index (χ0v) is 17.9. The van der Waals surface area contributed by atoms with E-state index in [9.17, 15) is 18.0 Å². The van der Waals surface area contributed by atoms with Crippen LogP contribution in [0.5, 0.6) is 17.5 Å². The van der Waals surface area contributed by atoms with E-state index in [1.54, 1.807) is 18.2 Å². The van der Waals surface area contributed by atoms with Gasteiger partial charge in [-0.3, -0.25) is 9.59 Å². The minimum absolute atomic E-state index is 0.0269. The Kier molecular flexibility index (Phi) is 5.97. The molecule has 160 valence electrons. The van der Waals surface area contributed by atoms with E-state index in [4.69, 9.17) is 14.2 Å². The molecule has 1 aromatic carbocycles. The Labute approximate surface area is 174 Å². The SMILES string of the molecule is COc1ccc2c(c1)C(CC(=O)N(c1ccc(OC)nc1OC)S(C)(=O)=O)CC2=O. The number of anilines is 1. The maximum absolute atomic E-state index is 13.1. The Morgan fingerprint density at radius 2 is 1.87 bits per heavy atom. The van der Waals surface area contributed by atoms with Crippen LogP contribution in [0.4, 0.5) is 5.69 Å². The first-order valence-electron chi connectivity index (χ1n) is 9.02. The number of nitrogens with zero attached hydrogens (tertiary/aromatic N) is 2. The van der Waals surface area contributed by atoms with Gasteiger partial charge in [0.2, 0.25) is 27.7 Å². The minimum atomic E-state index is -4.00. The Morgan fingerprint density at radius 3 is 2.47 bits per heavy atom. The maximum Gasteiger partial charge on any atom is 0.242 e. The highest BCUT2D eigenvalue weighted by atomic mass is 32.2. The van der Waals surface area contributed by atoms with Crippen LogP contribution in [0.15, 0.2) is 30.3 Å². The lowest BCUT2D eigenvalue weighted by Gasteiger charge is -2.23. The van der Waals surface area contributed by atoms with Crippen molar-refractivity contribution >= 4 is 27.4 Å². The second-order valence-corrected chi connectivity index (χ2v) is 8.62. The summed E-state index contributed by atoms with van der Waals surface area (Å²) in [5.74, 6) is -0.564. The molecule has 1 atom stereocenters. The van der Waals surface area contributed by atoms with E-state index in [2.05, 4.69) is 4.98 Å². The highest BCUT2D eigenvalue weighted by Crippen LogP contribution is 2.39. The molecule has 0 bridgehead atoms. The van der Waals surface area contributed by atoms with E-state index in [0.717, 1.165) is 6.26 Å². The predicted octanol–water partition coefficient (Wildman–Crippen LogP) is 2.16. The molecule has 0 saturated carbocycles. The van der Waals surface area contributed by atoms with E-state index in [1.807, 2.05) is 0 Å². The van der Waals surface area contributed by atoms with Crippen LogP contribution in [-0.4, -0.2) is 52.7 Å². The van der Waals surface area contributed by atoms with Gasteiger partial charge >= 0.3 is 0 Å². The van der Waals surface area contributed by atoms with Gasteiger partial charge in [-0.15, -0.1) is 0 Å². The molecule has 1 amide bonds. The van der Waals surface area contributed by atoms with E-state index in [1.165, 1.54) is 33.5 Å². The van der Waals surface area contributed by atoms with E-state index in [-0.39, 0.29) is 36.1 Å². The van der Waals surface area contributed by atoms with Crippen molar-refractivity contribution in [3.8, 4) is 17.5 Å². The average molecular weight is 434 g/mol. The minimum Gasteiger partial charge on any atom is -0.497 e. The van der Waals surface area contributed by atoms with Gasteiger partial charge in [-0.2, -0.15) is 4.98 Å². The highest BCUT2D eigenvalue weighted by molar-refractivity contribution is 7.92. The number of sulfonamides is 1. The van der Waals surface area contributed by atoms with Crippen molar-refractivity contribution in [2.24, 2.45) is 0 Å². The maximum atomic E-state index is 13.1. The third-order valence-electron chi connectivity index (χ3n) is 4.85. The summed E-state index contributed by atoms with van der Waals surface area (Å²) in [6.45, 7) is 0. The highest BCUT2D eigenvalue weighted by Gasteiger charge is 2.36. The second kappa shape index (κ2) is 8.31. The van der Waals surface area contributed by atoms with Crippen molar-refractivity contribution in [1.29, 1.82) is 0 Å². The molecular formula is C20H22N2O7S. The smallest absolute Gasteiger partial charge is 0.242 e. The summed E-state index contributed by atoms with van der Waals surface area (Å²) in [6.07, 6.45) is 0.851. The Bertz CT molecular complexity index is 1100. The number of hydrogen-bond acceptors (Lipinski definition) is 8. The first-order chi connectivity index (χ1) is 14.2. The fourth-order valence-electron chi connectivity index (χ4n) is 3.51. The summed E-state index contributed by atoms with van der Waals surface area (Å²) in [7, 11) is 0.226. The molecule has 3 rings (SSSR count). The number of pyridine rings is 1. The number of carbonyl (C=O) groups is 2. The van der Waals surface area contributed by atoms with Gasteiger partial charge in [0.15, 0.2) is 5.78 Å². The number of carbonyl (C=O) groups excluding carboxylic acids is 2. The number of hydrogen-bond donors (Lipinski definition) is 0. The Morgan fingerprint density at radius 1 is 1.13 bits per heavy atom. The fourth-order valence-corrected chi connectivity index (χ4v) is 4.45. The topological polar surface area (TPSA) is 112 Å². The van der Waals surface area contributed by atoms with Crippen LogP contribution in [0.25, 0.3) is 0 Å². The molecule has 1 aromatic heterocycles. The van der Waals surface area contributed by atoms with Crippen LogP contribution >= 0.6 is 0 Å². The van der Waals surface area contributed by atoms with Crippen molar-refractivity contribution < 1.29 is 32.2 Å². The van der Waals surface area contributed by atoms with Gasteiger partial charge < -0.3 is 14.2 Å². The van der Waals surface area contributed by atoms with Crippen molar-refractivity contribution in [2.75, 3.05) is 31.9 Å². The molecule has 1 aliphatic rings. The second-order valence-electron chi connectivity index (χ2n) is 6.78. The molecule has 0 N–H and O–H groups in total. The van der Waals surface area contributed by atoms with E-state index < -0.39 is 21.8 Å². The lowest BCUT2D eigenvalue weighted by Crippen LogP contribution is -2.37. The van der Waals surface area contributed by atoms with Crippen molar-refractivity contribution in [2.45, 2.75) is 18.8 Å². The van der Waals surface area contributed by atoms with Gasteiger partial charge in [-0.1, -0.05) is 0 Å². The standard InChI is InChI=1S/C20H22N2O7S/c1-27-13-5-6-14-15(11-13)12(9-17(14)23)10-19(24)22(30(4,25)26)16-7-8-18(28-2)21-20(16)29-3/h5-8,11-12H,9-10H2,1-4H3. The molecule has 1 aliphatic carbocycles. The molecule has 0 aliphatic heterocycles. The van der Waals surface area contributed by atoms with E-state index >= 15 is 0 Å². The Hall–Kier alpha value is -3.14. The van der Waals surface area contributed by atoms with Crippen LogP contribution < -0.4 is 18.5 Å². The van der Waals surface area contributed by atoms with Gasteiger partial charge in [0.25, 0.3) is 0 Å². The predicted molar refractivity (Wildman–Crippen MR) is 109 cm³/mol. The molecule has 30 heavy (non-hydrogen) atoms. The normalized spacial score (nSPS) is 15.5. The third-order valence-corrected chi connectivity index (χ3v) is 5.91. The number of ketones is 1. The van der Waals surface area contributed by atoms with Gasteiger partial charge in [0.1, 0.15) is 11.4 Å². The molecule has 2 aromatic rings. The molecule has 0 spiro atoms. The van der Waals surface area contributed by atoms with Crippen molar-refractivity contribution in [3.63, 3.8) is 0 Å². The largest absolute Gasteiger partial charge is 0.497 e. The number of rotatable bonds is 7. The summed E-state index contributed by atoms with van der Waals surface area (Å²) in [5.41, 5.74) is 1.16. The van der Waals surface area contributed by atoms with Crippen molar-refractivity contribution in [1.82, 2.24) is 4.98 Å². The van der Waals surface area contributed by atoms with E-state index in [0.29, 0.717) is 21.2 Å². The number of aromatic nitrogens is 1. The van der Waals surface area contributed by atoms with Crippen LogP contribution in [0.1, 0.15) is 34.7 Å². The summed E-state index contributed by atoms with van der Waals surface area (Å²) in [4.78, 5) is 29.5. The quantitative estimate of drug-likeness (QED) is 0.652. The van der Waals surface area contributed by atoms with Crippen molar-refractivity contribution in [3.05, 3.63) is 41.5 Å².